The topological polar surface area (TPSA) is 94.8 Å². The van der Waals surface area contributed by atoms with Crippen LogP contribution in [0.3, 0.4) is 0 Å². The van der Waals surface area contributed by atoms with E-state index in [0.717, 1.165) is 12.1 Å². The zero-order chi connectivity index (χ0) is 21.6. The minimum absolute atomic E-state index is 0.0139. The van der Waals surface area contributed by atoms with Crippen molar-refractivity contribution in [3.63, 3.8) is 0 Å². The second kappa shape index (κ2) is 7.87. The fourth-order valence-electron chi connectivity index (χ4n) is 3.23. The van der Waals surface area contributed by atoms with Gasteiger partial charge in [-0.05, 0) is 24.3 Å². The number of hydrogen-bond donors (Lipinski definition) is 3. The number of hydrogen-bond acceptors (Lipinski definition) is 4. The Morgan fingerprint density at radius 2 is 1.24 bits per heavy atom. The molecule has 0 spiro atoms. The number of rotatable bonds is 4. The standard InChI is InChI=1S/C19H12Cl4O5S/c20-12-6-2-1-4-10(12)19(29(26,27)28,11-5-3-7-13(21)17(11)22)16-14(24)8-9-15(25)18(16)23/h1-9,24-25H,(H,26,27,28). The van der Waals surface area contributed by atoms with Crippen LogP contribution < -0.4 is 0 Å². The molecule has 1 atom stereocenters. The summed E-state index contributed by atoms with van der Waals surface area (Å²) in [7, 11) is -5.19. The number of aromatic hydroxyl groups is 2. The lowest BCUT2D eigenvalue weighted by molar-refractivity contribution is 0.434. The molecule has 0 heterocycles. The van der Waals surface area contributed by atoms with E-state index in [1.807, 2.05) is 0 Å². The van der Waals surface area contributed by atoms with Crippen LogP contribution in [-0.4, -0.2) is 23.2 Å². The first kappa shape index (κ1) is 22.0. The van der Waals surface area contributed by atoms with Crippen molar-refractivity contribution in [1.29, 1.82) is 0 Å². The Hall–Kier alpha value is -1.67. The number of halogens is 4. The fraction of sp³-hybridized carbons (Fsp3) is 0.0526. The van der Waals surface area contributed by atoms with E-state index >= 15 is 0 Å². The summed E-state index contributed by atoms with van der Waals surface area (Å²) in [6.07, 6.45) is 0. The normalized spacial score (nSPS) is 13.8. The lowest BCUT2D eigenvalue weighted by Crippen LogP contribution is -2.39. The minimum atomic E-state index is -5.19. The van der Waals surface area contributed by atoms with Crippen molar-refractivity contribution >= 4 is 56.5 Å². The number of phenolic OH excluding ortho intramolecular Hbond substituents is 2. The molecule has 0 amide bonds. The number of benzene rings is 3. The van der Waals surface area contributed by atoms with Gasteiger partial charge in [-0.25, -0.2) is 0 Å². The predicted octanol–water partition coefficient (Wildman–Crippen LogP) is 5.89. The van der Waals surface area contributed by atoms with Crippen LogP contribution in [0, 0.1) is 0 Å². The van der Waals surface area contributed by atoms with Crippen molar-refractivity contribution in [2.24, 2.45) is 0 Å². The first-order valence-electron chi connectivity index (χ1n) is 7.91. The van der Waals surface area contributed by atoms with Gasteiger partial charge in [-0.2, -0.15) is 8.42 Å². The molecule has 0 radical (unpaired) electrons. The Bertz CT molecular complexity index is 1210. The highest BCUT2D eigenvalue weighted by atomic mass is 35.5. The molecule has 0 fully saturated rings. The molecule has 3 aromatic rings. The molecule has 0 saturated carbocycles. The van der Waals surface area contributed by atoms with Crippen molar-refractivity contribution in [3.8, 4) is 11.5 Å². The maximum absolute atomic E-state index is 13.0. The van der Waals surface area contributed by atoms with Gasteiger partial charge in [0.15, 0.2) is 4.75 Å². The third-order valence-electron chi connectivity index (χ3n) is 4.42. The molecule has 152 valence electrons. The zero-order valence-corrected chi connectivity index (χ0v) is 18.1. The molecular formula is C19H12Cl4O5S. The summed E-state index contributed by atoms with van der Waals surface area (Å²) in [5.74, 6) is -1.15. The first-order valence-corrected chi connectivity index (χ1v) is 10.9. The van der Waals surface area contributed by atoms with Crippen LogP contribution in [0.25, 0.3) is 0 Å². The highest BCUT2D eigenvalue weighted by molar-refractivity contribution is 7.87. The molecular weight excluding hydrogens is 482 g/mol. The van der Waals surface area contributed by atoms with Gasteiger partial charge in [-0.1, -0.05) is 76.7 Å². The summed E-state index contributed by atoms with van der Waals surface area (Å²) in [5.41, 5.74) is -0.903. The van der Waals surface area contributed by atoms with Gasteiger partial charge in [0.05, 0.1) is 15.1 Å². The van der Waals surface area contributed by atoms with Gasteiger partial charge >= 0.3 is 0 Å². The molecule has 0 aliphatic rings. The SMILES string of the molecule is O=S(=O)(O)C(c1ccccc1Cl)(c1cccc(Cl)c1Cl)c1c(O)ccc(O)c1Cl. The molecule has 5 nitrogen and oxygen atoms in total. The Kier molecular flexibility index (Phi) is 5.98. The second-order valence-corrected chi connectivity index (χ2v) is 9.16. The zero-order valence-electron chi connectivity index (χ0n) is 14.3. The predicted molar refractivity (Wildman–Crippen MR) is 114 cm³/mol. The third-order valence-corrected chi connectivity index (χ3v) is 7.37. The van der Waals surface area contributed by atoms with Crippen LogP contribution in [0.2, 0.25) is 20.1 Å². The number of phenols is 2. The molecule has 3 N–H and O–H groups in total. The van der Waals surface area contributed by atoms with Crippen LogP contribution in [0.4, 0.5) is 0 Å². The van der Waals surface area contributed by atoms with Gasteiger partial charge in [0.2, 0.25) is 0 Å². The van der Waals surface area contributed by atoms with E-state index in [1.165, 1.54) is 36.4 Å². The van der Waals surface area contributed by atoms with Gasteiger partial charge in [-0.15, -0.1) is 0 Å². The molecule has 0 aliphatic carbocycles. The lowest BCUT2D eigenvalue weighted by atomic mass is 9.83. The van der Waals surface area contributed by atoms with E-state index in [2.05, 4.69) is 0 Å². The van der Waals surface area contributed by atoms with Crippen molar-refractivity contribution < 1.29 is 23.2 Å². The molecule has 0 bridgehead atoms. The van der Waals surface area contributed by atoms with Crippen LogP contribution in [0.5, 0.6) is 11.5 Å². The lowest BCUT2D eigenvalue weighted by Gasteiger charge is -2.35. The molecule has 0 aromatic heterocycles. The Morgan fingerprint density at radius 1 is 0.690 bits per heavy atom. The molecule has 0 aliphatic heterocycles. The fourth-order valence-corrected chi connectivity index (χ4v) is 5.79. The monoisotopic (exact) mass is 492 g/mol. The summed E-state index contributed by atoms with van der Waals surface area (Å²) < 4.78 is 34.0. The summed E-state index contributed by atoms with van der Waals surface area (Å²) >= 11 is 25.0. The summed E-state index contributed by atoms with van der Waals surface area (Å²) in [6, 6.07) is 12.0. The average molecular weight is 494 g/mol. The largest absolute Gasteiger partial charge is 0.508 e. The van der Waals surface area contributed by atoms with Gasteiger partial charge in [-0.3, -0.25) is 4.55 Å². The van der Waals surface area contributed by atoms with Gasteiger partial charge in [0, 0.05) is 21.7 Å². The smallest absolute Gasteiger partial charge is 0.283 e. The van der Waals surface area contributed by atoms with Crippen LogP contribution in [0.15, 0.2) is 54.6 Å². The van der Waals surface area contributed by atoms with E-state index in [4.69, 9.17) is 46.4 Å². The Morgan fingerprint density at radius 3 is 1.86 bits per heavy atom. The van der Waals surface area contributed by atoms with Gasteiger partial charge in [0.25, 0.3) is 10.1 Å². The van der Waals surface area contributed by atoms with E-state index in [0.29, 0.717) is 0 Å². The first-order chi connectivity index (χ1) is 13.5. The van der Waals surface area contributed by atoms with Crippen molar-refractivity contribution in [2.75, 3.05) is 0 Å². The van der Waals surface area contributed by atoms with Crippen LogP contribution in [0.1, 0.15) is 16.7 Å². The Balaban J connectivity index is 2.71. The second-order valence-electron chi connectivity index (χ2n) is 6.03. The van der Waals surface area contributed by atoms with E-state index in [9.17, 15) is 23.2 Å². The summed E-state index contributed by atoms with van der Waals surface area (Å²) in [6.45, 7) is 0. The van der Waals surface area contributed by atoms with Gasteiger partial charge in [0.1, 0.15) is 11.5 Å². The van der Waals surface area contributed by atoms with Crippen molar-refractivity contribution in [3.05, 3.63) is 91.4 Å². The quantitative estimate of drug-likeness (QED) is 0.239. The minimum Gasteiger partial charge on any atom is -0.508 e. The average Bonchev–Trinajstić information content (AvgIpc) is 2.64. The maximum atomic E-state index is 13.0. The molecule has 0 saturated heterocycles. The summed E-state index contributed by atoms with van der Waals surface area (Å²) in [5, 5.41) is 19.9. The van der Waals surface area contributed by atoms with Crippen LogP contribution >= 0.6 is 46.4 Å². The van der Waals surface area contributed by atoms with E-state index < -0.39 is 37.0 Å². The molecule has 3 aromatic carbocycles. The highest BCUT2D eigenvalue weighted by Crippen LogP contribution is 2.55. The molecule has 29 heavy (non-hydrogen) atoms. The maximum Gasteiger partial charge on any atom is 0.283 e. The van der Waals surface area contributed by atoms with E-state index in [-0.39, 0.29) is 26.2 Å². The van der Waals surface area contributed by atoms with Crippen molar-refractivity contribution in [1.82, 2.24) is 0 Å². The summed E-state index contributed by atoms with van der Waals surface area (Å²) in [4.78, 5) is 0. The van der Waals surface area contributed by atoms with Gasteiger partial charge < -0.3 is 10.2 Å². The Labute approximate surface area is 186 Å². The molecule has 1 unspecified atom stereocenters. The van der Waals surface area contributed by atoms with E-state index in [1.54, 1.807) is 6.07 Å². The molecule has 10 heteroatoms. The third kappa shape index (κ3) is 3.44. The highest BCUT2D eigenvalue weighted by Gasteiger charge is 2.54. The molecule has 3 rings (SSSR count). The van der Waals surface area contributed by atoms with Crippen molar-refractivity contribution in [2.45, 2.75) is 4.75 Å². The van der Waals surface area contributed by atoms with Crippen LogP contribution in [-0.2, 0) is 14.9 Å².